The van der Waals surface area contributed by atoms with Gasteiger partial charge in [-0.05, 0) is 31.2 Å². The Kier molecular flexibility index (Phi) is 2.84. The number of hydrogen-bond donors (Lipinski definition) is 2. The van der Waals surface area contributed by atoms with E-state index in [0.29, 0.717) is 4.88 Å². The molecule has 0 aromatic carbocycles. The fourth-order valence-electron chi connectivity index (χ4n) is 2.63. The summed E-state index contributed by atoms with van der Waals surface area (Å²) in [5.41, 5.74) is 3.43. The van der Waals surface area contributed by atoms with Crippen molar-refractivity contribution in [3.05, 3.63) is 20.6 Å². The molecule has 0 saturated carbocycles. The number of nitriles is 1. The van der Waals surface area contributed by atoms with Crippen LogP contribution in [0.5, 0.6) is 0 Å². The van der Waals surface area contributed by atoms with E-state index in [1.54, 1.807) is 0 Å². The molecule has 3 nitrogen and oxygen atoms in total. The third-order valence-electron chi connectivity index (χ3n) is 3.49. The van der Waals surface area contributed by atoms with Crippen LogP contribution >= 0.6 is 23.6 Å². The van der Waals surface area contributed by atoms with Gasteiger partial charge in [0.1, 0.15) is 15.8 Å². The molecule has 5 heteroatoms. The minimum absolute atomic E-state index is 0.706. The highest BCUT2D eigenvalue weighted by Gasteiger charge is 2.19. The Morgan fingerprint density at radius 3 is 2.89 bits per heavy atom. The summed E-state index contributed by atoms with van der Waals surface area (Å²) in [4.78, 5) is 5.21. The van der Waals surface area contributed by atoms with Gasteiger partial charge >= 0.3 is 0 Å². The molecule has 92 valence electrons. The molecule has 0 saturated heterocycles. The summed E-state index contributed by atoms with van der Waals surface area (Å²) in [5, 5.41) is 13.3. The SMILES string of the molecule is CNc1c(C#N)sc2[nH]c3c(c(=S)c12)CCCC3. The van der Waals surface area contributed by atoms with Crippen LogP contribution in [-0.4, -0.2) is 12.0 Å². The Bertz CT molecular complexity index is 718. The molecule has 0 radical (unpaired) electrons. The van der Waals surface area contributed by atoms with E-state index in [4.69, 9.17) is 12.2 Å². The van der Waals surface area contributed by atoms with Crippen molar-refractivity contribution in [2.24, 2.45) is 0 Å². The Hall–Kier alpha value is -1.38. The highest BCUT2D eigenvalue weighted by molar-refractivity contribution is 7.71. The first-order valence-corrected chi connectivity index (χ1v) is 7.27. The lowest BCUT2D eigenvalue weighted by molar-refractivity contribution is 0.670. The van der Waals surface area contributed by atoms with Crippen LogP contribution in [0.25, 0.3) is 10.2 Å². The smallest absolute Gasteiger partial charge is 0.130 e. The second-order valence-electron chi connectivity index (χ2n) is 4.49. The lowest BCUT2D eigenvalue weighted by Crippen LogP contribution is -2.06. The Balaban J connectivity index is 2.42. The molecule has 0 unspecified atom stereocenters. The summed E-state index contributed by atoms with van der Waals surface area (Å²) in [6.07, 6.45) is 4.56. The van der Waals surface area contributed by atoms with E-state index in [1.807, 2.05) is 7.05 Å². The van der Waals surface area contributed by atoms with Crippen molar-refractivity contribution in [2.45, 2.75) is 25.7 Å². The molecule has 0 bridgehead atoms. The second kappa shape index (κ2) is 4.38. The highest BCUT2D eigenvalue weighted by Crippen LogP contribution is 2.37. The van der Waals surface area contributed by atoms with Gasteiger partial charge in [0, 0.05) is 12.7 Å². The fraction of sp³-hybridized carbons (Fsp3) is 0.385. The quantitative estimate of drug-likeness (QED) is 0.779. The van der Waals surface area contributed by atoms with Crippen molar-refractivity contribution in [1.82, 2.24) is 4.98 Å². The van der Waals surface area contributed by atoms with Gasteiger partial charge in [0.15, 0.2) is 0 Å². The third kappa shape index (κ3) is 1.57. The van der Waals surface area contributed by atoms with Crippen LogP contribution in [0.4, 0.5) is 5.69 Å². The van der Waals surface area contributed by atoms with Gasteiger partial charge in [0.2, 0.25) is 0 Å². The molecule has 2 heterocycles. The van der Waals surface area contributed by atoms with Crippen molar-refractivity contribution >= 4 is 39.5 Å². The molecule has 2 aromatic heterocycles. The van der Waals surface area contributed by atoms with Crippen molar-refractivity contribution in [1.29, 1.82) is 5.26 Å². The Morgan fingerprint density at radius 2 is 2.17 bits per heavy atom. The predicted molar refractivity (Wildman–Crippen MR) is 77.9 cm³/mol. The van der Waals surface area contributed by atoms with Crippen LogP contribution < -0.4 is 5.32 Å². The third-order valence-corrected chi connectivity index (χ3v) is 4.95. The van der Waals surface area contributed by atoms with E-state index in [-0.39, 0.29) is 0 Å². The maximum Gasteiger partial charge on any atom is 0.130 e. The zero-order valence-corrected chi connectivity index (χ0v) is 11.7. The van der Waals surface area contributed by atoms with E-state index >= 15 is 0 Å². The summed E-state index contributed by atoms with van der Waals surface area (Å²) in [6, 6.07) is 2.24. The largest absolute Gasteiger partial charge is 0.386 e. The number of pyridine rings is 1. The molecule has 0 atom stereocenters. The number of anilines is 1. The number of thiophene rings is 1. The molecular formula is C13H13N3S2. The number of rotatable bonds is 1. The highest BCUT2D eigenvalue weighted by atomic mass is 32.1. The number of fused-ring (bicyclic) bond motifs is 2. The van der Waals surface area contributed by atoms with Gasteiger partial charge in [-0.3, -0.25) is 0 Å². The molecular weight excluding hydrogens is 262 g/mol. The topological polar surface area (TPSA) is 51.6 Å². The average Bonchev–Trinajstić information content (AvgIpc) is 2.76. The van der Waals surface area contributed by atoms with E-state index in [9.17, 15) is 5.26 Å². The van der Waals surface area contributed by atoms with E-state index in [1.165, 1.54) is 35.4 Å². The summed E-state index contributed by atoms with van der Waals surface area (Å²) in [7, 11) is 1.84. The van der Waals surface area contributed by atoms with E-state index < -0.39 is 0 Å². The van der Waals surface area contributed by atoms with Crippen LogP contribution in [0.3, 0.4) is 0 Å². The Labute approximate surface area is 114 Å². The number of nitrogens with one attached hydrogen (secondary N) is 2. The van der Waals surface area contributed by atoms with Crippen LogP contribution in [-0.2, 0) is 12.8 Å². The molecule has 0 fully saturated rings. The first-order valence-electron chi connectivity index (χ1n) is 6.04. The maximum absolute atomic E-state index is 9.18. The van der Waals surface area contributed by atoms with Gasteiger partial charge in [-0.1, -0.05) is 12.2 Å². The van der Waals surface area contributed by atoms with Crippen LogP contribution in [0.2, 0.25) is 0 Å². The summed E-state index contributed by atoms with van der Waals surface area (Å²) in [5.74, 6) is 0. The predicted octanol–water partition coefficient (Wildman–Crippen LogP) is 3.75. The normalized spacial score (nSPS) is 14.2. The van der Waals surface area contributed by atoms with Crippen molar-refractivity contribution < 1.29 is 0 Å². The lowest BCUT2D eigenvalue weighted by Gasteiger charge is -2.16. The van der Waals surface area contributed by atoms with Crippen molar-refractivity contribution in [3.8, 4) is 6.07 Å². The fourth-order valence-corrected chi connectivity index (χ4v) is 4.17. The second-order valence-corrected chi connectivity index (χ2v) is 5.92. The molecule has 2 aromatic rings. The van der Waals surface area contributed by atoms with E-state index in [0.717, 1.165) is 33.3 Å². The number of hydrogen-bond acceptors (Lipinski definition) is 4. The first kappa shape index (κ1) is 11.7. The van der Waals surface area contributed by atoms with Gasteiger partial charge in [0.05, 0.1) is 15.6 Å². The molecule has 0 aliphatic heterocycles. The van der Waals surface area contributed by atoms with Gasteiger partial charge in [-0.15, -0.1) is 11.3 Å². The number of aromatic amines is 1. The molecule has 18 heavy (non-hydrogen) atoms. The van der Waals surface area contributed by atoms with E-state index in [2.05, 4.69) is 16.4 Å². The summed E-state index contributed by atoms with van der Waals surface area (Å²) >= 11 is 7.12. The molecule has 1 aliphatic carbocycles. The number of aromatic nitrogens is 1. The maximum atomic E-state index is 9.18. The Morgan fingerprint density at radius 1 is 1.39 bits per heavy atom. The molecule has 1 aliphatic rings. The number of aryl methyl sites for hydroxylation is 1. The minimum Gasteiger partial charge on any atom is -0.386 e. The molecule has 2 N–H and O–H groups in total. The monoisotopic (exact) mass is 275 g/mol. The zero-order chi connectivity index (χ0) is 12.7. The van der Waals surface area contributed by atoms with Gasteiger partial charge in [-0.25, -0.2) is 0 Å². The zero-order valence-electron chi connectivity index (χ0n) is 10.1. The van der Waals surface area contributed by atoms with Crippen LogP contribution in [0, 0.1) is 15.8 Å². The molecule has 0 amide bonds. The summed E-state index contributed by atoms with van der Waals surface area (Å²) in [6.45, 7) is 0. The van der Waals surface area contributed by atoms with Crippen molar-refractivity contribution in [3.63, 3.8) is 0 Å². The lowest BCUT2D eigenvalue weighted by atomic mass is 9.95. The van der Waals surface area contributed by atoms with Crippen molar-refractivity contribution in [2.75, 3.05) is 12.4 Å². The van der Waals surface area contributed by atoms with Gasteiger partial charge < -0.3 is 10.3 Å². The van der Waals surface area contributed by atoms with Gasteiger partial charge in [0.25, 0.3) is 0 Å². The first-order chi connectivity index (χ1) is 8.76. The van der Waals surface area contributed by atoms with Crippen LogP contribution in [0.15, 0.2) is 0 Å². The standard InChI is InChI=1S/C13H13N3S2/c1-15-11-9(6-14)18-13-10(11)12(17)7-4-2-3-5-8(7)16-13/h15H,2-5H2,1H3,(H,16,17). The number of H-pyrrole nitrogens is 1. The van der Waals surface area contributed by atoms with Crippen LogP contribution in [0.1, 0.15) is 29.0 Å². The molecule has 0 spiro atoms. The van der Waals surface area contributed by atoms with Gasteiger partial charge in [-0.2, -0.15) is 5.26 Å². The average molecular weight is 275 g/mol. The number of nitrogens with zero attached hydrogens (tertiary/aromatic N) is 1. The molecule has 3 rings (SSSR count). The summed E-state index contributed by atoms with van der Waals surface area (Å²) < 4.78 is 0.931. The minimum atomic E-state index is 0.706.